The molecule has 5 rings (SSSR count). The molecule has 1 aliphatic heterocycles. The molecule has 1 fully saturated rings. The summed E-state index contributed by atoms with van der Waals surface area (Å²) in [5.41, 5.74) is 3.17. The fraction of sp³-hybridized carbons (Fsp3) is 0.364. The molecular weight excluding hydrogens is 292 g/mol. The maximum Gasteiger partial charge on any atom is 0.00772 e. The lowest BCUT2D eigenvalue weighted by Crippen LogP contribution is -2.39. The highest BCUT2D eigenvalue weighted by molar-refractivity contribution is 6.08. The van der Waals surface area contributed by atoms with E-state index in [1.54, 1.807) is 11.1 Å². The van der Waals surface area contributed by atoms with Crippen molar-refractivity contribution in [1.29, 1.82) is 0 Å². The maximum absolute atomic E-state index is 3.22. The minimum Gasteiger partial charge on any atom is -0.314 e. The van der Waals surface area contributed by atoms with Gasteiger partial charge in [-0.15, -0.1) is 0 Å². The van der Waals surface area contributed by atoms with Gasteiger partial charge in [0.15, 0.2) is 0 Å². The molecule has 3 aromatic carbocycles. The van der Waals surface area contributed by atoms with Crippen molar-refractivity contribution in [2.24, 2.45) is 0 Å². The van der Waals surface area contributed by atoms with Crippen molar-refractivity contribution < 1.29 is 0 Å². The summed E-state index contributed by atoms with van der Waals surface area (Å²) < 4.78 is 0. The fourth-order valence-corrected chi connectivity index (χ4v) is 3.95. The largest absolute Gasteiger partial charge is 0.314 e. The van der Waals surface area contributed by atoms with Crippen LogP contribution < -0.4 is 10.6 Å². The molecule has 3 aromatic rings. The Morgan fingerprint density at radius 1 is 0.583 bits per heavy atom. The molecule has 1 aliphatic carbocycles. The number of piperazine rings is 1. The fourth-order valence-electron chi connectivity index (χ4n) is 3.95. The number of nitrogens with one attached hydrogen (secondary N) is 2. The summed E-state index contributed by atoms with van der Waals surface area (Å²) in [4.78, 5) is 0. The summed E-state index contributed by atoms with van der Waals surface area (Å²) in [6.07, 6.45) is 5.22. The standard InChI is InChI=1S/C18H16.C4H10N2/c1-3-7-15-13(5-1)9-11-18-16-8-4-2-6-14(16)10-12-17(15)18;1-2-6-4-3-5-1/h1,3,5,7,9-12H,2,4,6,8H2;5-6H,1-4H2. The monoisotopic (exact) mass is 318 g/mol. The number of aryl methyl sites for hydroxylation is 2. The van der Waals surface area contributed by atoms with E-state index in [1.165, 1.54) is 47.2 Å². The Balaban J connectivity index is 0.000000207. The Morgan fingerprint density at radius 2 is 1.29 bits per heavy atom. The topological polar surface area (TPSA) is 24.1 Å². The van der Waals surface area contributed by atoms with Crippen LogP contribution in [0.25, 0.3) is 21.5 Å². The highest BCUT2D eigenvalue weighted by Gasteiger charge is 2.13. The van der Waals surface area contributed by atoms with Crippen molar-refractivity contribution in [3.05, 3.63) is 59.7 Å². The summed E-state index contributed by atoms with van der Waals surface area (Å²) >= 11 is 0. The van der Waals surface area contributed by atoms with Crippen molar-refractivity contribution in [3.63, 3.8) is 0 Å². The van der Waals surface area contributed by atoms with E-state index >= 15 is 0 Å². The van der Waals surface area contributed by atoms with Crippen LogP contribution in [0, 0.1) is 0 Å². The van der Waals surface area contributed by atoms with E-state index in [4.69, 9.17) is 0 Å². The third-order valence-electron chi connectivity index (χ3n) is 5.21. The first-order valence-electron chi connectivity index (χ1n) is 9.27. The highest BCUT2D eigenvalue weighted by atomic mass is 15.0. The Morgan fingerprint density at radius 3 is 2.08 bits per heavy atom. The first-order valence-corrected chi connectivity index (χ1v) is 9.27. The Bertz CT molecular complexity index is 822. The molecule has 1 heterocycles. The smallest absolute Gasteiger partial charge is 0.00772 e. The van der Waals surface area contributed by atoms with Crippen molar-refractivity contribution >= 4 is 21.5 Å². The SMILES string of the molecule is C1CNCCN1.c1ccc2c(c1)ccc1c3c(ccc12)CCCC3. The molecule has 2 N–H and O–H groups in total. The van der Waals surface area contributed by atoms with E-state index in [2.05, 4.69) is 59.2 Å². The van der Waals surface area contributed by atoms with Crippen molar-refractivity contribution in [1.82, 2.24) is 10.6 Å². The number of benzene rings is 3. The van der Waals surface area contributed by atoms with Crippen LogP contribution >= 0.6 is 0 Å². The van der Waals surface area contributed by atoms with Gasteiger partial charge in [0.1, 0.15) is 0 Å². The minimum absolute atomic E-state index is 1.14. The molecule has 1 saturated heterocycles. The molecule has 24 heavy (non-hydrogen) atoms. The van der Waals surface area contributed by atoms with Gasteiger partial charge in [-0.2, -0.15) is 0 Å². The van der Waals surface area contributed by atoms with E-state index in [1.807, 2.05) is 0 Å². The summed E-state index contributed by atoms with van der Waals surface area (Å²) in [5.74, 6) is 0. The molecule has 0 atom stereocenters. The van der Waals surface area contributed by atoms with Crippen molar-refractivity contribution in [2.75, 3.05) is 26.2 Å². The average molecular weight is 318 g/mol. The lowest BCUT2D eigenvalue weighted by atomic mass is 9.86. The van der Waals surface area contributed by atoms with Gasteiger partial charge in [-0.3, -0.25) is 0 Å². The summed E-state index contributed by atoms with van der Waals surface area (Å²) in [6.45, 7) is 4.56. The molecule has 0 amide bonds. The molecule has 0 bridgehead atoms. The van der Waals surface area contributed by atoms with Crippen LogP contribution in [0.2, 0.25) is 0 Å². The van der Waals surface area contributed by atoms with E-state index in [0.717, 1.165) is 26.2 Å². The van der Waals surface area contributed by atoms with Gasteiger partial charge in [-0.05, 0) is 58.4 Å². The highest BCUT2D eigenvalue weighted by Crippen LogP contribution is 2.33. The number of rotatable bonds is 0. The normalized spacial score (nSPS) is 17.2. The molecule has 2 heteroatoms. The van der Waals surface area contributed by atoms with E-state index < -0.39 is 0 Å². The molecule has 0 spiro atoms. The lowest BCUT2D eigenvalue weighted by Gasteiger charge is -2.18. The van der Waals surface area contributed by atoms with E-state index in [0.29, 0.717) is 0 Å². The zero-order valence-electron chi connectivity index (χ0n) is 14.3. The zero-order chi connectivity index (χ0) is 16.2. The van der Waals surface area contributed by atoms with Crippen LogP contribution in [0.5, 0.6) is 0 Å². The number of hydrogen-bond acceptors (Lipinski definition) is 2. The molecule has 0 radical (unpaired) electrons. The zero-order valence-corrected chi connectivity index (χ0v) is 14.3. The first kappa shape index (κ1) is 15.6. The average Bonchev–Trinajstić information content (AvgIpc) is 2.69. The maximum atomic E-state index is 3.22. The third-order valence-corrected chi connectivity index (χ3v) is 5.21. The predicted octanol–water partition coefficient (Wildman–Crippen LogP) is 4.05. The molecular formula is C22H26N2. The molecule has 0 aromatic heterocycles. The van der Waals surface area contributed by atoms with Crippen LogP contribution in [0.1, 0.15) is 24.0 Å². The molecule has 2 nitrogen and oxygen atoms in total. The van der Waals surface area contributed by atoms with Crippen LogP contribution in [0.3, 0.4) is 0 Å². The van der Waals surface area contributed by atoms with Crippen LogP contribution in [-0.2, 0) is 12.8 Å². The second-order valence-corrected chi connectivity index (χ2v) is 6.79. The van der Waals surface area contributed by atoms with Gasteiger partial charge in [0, 0.05) is 26.2 Å². The number of fused-ring (bicyclic) bond motifs is 5. The minimum atomic E-state index is 1.14. The third kappa shape index (κ3) is 3.17. The Labute approximate surface area is 144 Å². The molecule has 0 unspecified atom stereocenters. The summed E-state index contributed by atoms with van der Waals surface area (Å²) in [6, 6.07) is 18.0. The molecule has 2 aliphatic rings. The van der Waals surface area contributed by atoms with Gasteiger partial charge in [0.2, 0.25) is 0 Å². The van der Waals surface area contributed by atoms with Gasteiger partial charge in [-0.1, -0.05) is 48.5 Å². The van der Waals surface area contributed by atoms with Crippen molar-refractivity contribution in [2.45, 2.75) is 25.7 Å². The van der Waals surface area contributed by atoms with Gasteiger partial charge < -0.3 is 10.6 Å². The summed E-state index contributed by atoms with van der Waals surface area (Å²) in [5, 5.41) is 12.1. The molecule has 124 valence electrons. The Hall–Kier alpha value is -1.90. The second-order valence-electron chi connectivity index (χ2n) is 6.79. The van der Waals surface area contributed by atoms with Crippen LogP contribution in [0.4, 0.5) is 0 Å². The van der Waals surface area contributed by atoms with E-state index in [9.17, 15) is 0 Å². The second kappa shape index (κ2) is 7.33. The van der Waals surface area contributed by atoms with Gasteiger partial charge in [-0.25, -0.2) is 0 Å². The quantitative estimate of drug-likeness (QED) is 0.611. The van der Waals surface area contributed by atoms with Gasteiger partial charge >= 0.3 is 0 Å². The predicted molar refractivity (Wildman–Crippen MR) is 104 cm³/mol. The molecule has 0 saturated carbocycles. The van der Waals surface area contributed by atoms with Gasteiger partial charge in [0.05, 0.1) is 0 Å². The Kier molecular flexibility index (Phi) is 4.77. The van der Waals surface area contributed by atoms with Crippen LogP contribution in [0.15, 0.2) is 48.5 Å². The van der Waals surface area contributed by atoms with Gasteiger partial charge in [0.25, 0.3) is 0 Å². The summed E-state index contributed by atoms with van der Waals surface area (Å²) in [7, 11) is 0. The number of hydrogen-bond donors (Lipinski definition) is 2. The van der Waals surface area contributed by atoms with E-state index in [-0.39, 0.29) is 0 Å². The first-order chi connectivity index (χ1) is 11.9. The van der Waals surface area contributed by atoms with Crippen molar-refractivity contribution in [3.8, 4) is 0 Å². The van der Waals surface area contributed by atoms with Crippen LogP contribution in [-0.4, -0.2) is 26.2 Å². The lowest BCUT2D eigenvalue weighted by molar-refractivity contribution is 0.534.